The third-order valence-electron chi connectivity index (χ3n) is 4.53. The third-order valence-corrected chi connectivity index (χ3v) is 4.53. The van der Waals surface area contributed by atoms with Crippen molar-refractivity contribution in [2.45, 2.75) is 33.2 Å². The first-order chi connectivity index (χ1) is 13.2. The molecule has 1 aromatic heterocycles. The second-order valence-electron chi connectivity index (χ2n) is 8.12. The lowest BCUT2D eigenvalue weighted by Crippen LogP contribution is -2.58. The fraction of sp³-hybridized carbons (Fsp3) is 0.348. The number of amides is 2. The molecular formula is C23H29N3O2. The monoisotopic (exact) mass is 379 g/mol. The van der Waals surface area contributed by atoms with Crippen molar-refractivity contribution >= 4 is 11.8 Å². The molecule has 5 nitrogen and oxygen atoms in total. The highest BCUT2D eigenvalue weighted by atomic mass is 16.2. The highest BCUT2D eigenvalue weighted by molar-refractivity contribution is 5.99. The lowest BCUT2D eigenvalue weighted by Gasteiger charge is -2.43. The Hall–Kier alpha value is -2.95. The number of rotatable bonds is 7. The number of nitrogens with zero attached hydrogens (tertiary/aromatic N) is 2. The Morgan fingerprint density at radius 2 is 1.68 bits per heavy atom. The standard InChI is InChI=1S/C23H29N3O2/c1-6-14-25-21(28)23(5,19-10-8-7-9-11-19)26(17-22(2,3)4)20(27)18-12-15-24-16-13-18/h6-13,15-16H,1,14,17H2,2-5H3,(H,25,28). The highest BCUT2D eigenvalue weighted by Gasteiger charge is 2.45. The van der Waals surface area contributed by atoms with E-state index in [1.165, 1.54) is 0 Å². The van der Waals surface area contributed by atoms with Gasteiger partial charge in [0.2, 0.25) is 0 Å². The minimum Gasteiger partial charge on any atom is -0.350 e. The maximum absolute atomic E-state index is 13.5. The van der Waals surface area contributed by atoms with Gasteiger partial charge in [-0.3, -0.25) is 14.6 Å². The van der Waals surface area contributed by atoms with E-state index in [0.717, 1.165) is 5.56 Å². The molecule has 2 amide bonds. The van der Waals surface area contributed by atoms with Crippen LogP contribution in [0.1, 0.15) is 43.6 Å². The molecule has 1 aromatic carbocycles. The molecule has 0 aliphatic carbocycles. The lowest BCUT2D eigenvalue weighted by molar-refractivity contribution is -0.132. The SMILES string of the molecule is C=CCNC(=O)C(C)(c1ccccc1)N(CC(C)(C)C)C(=O)c1ccncc1. The Morgan fingerprint density at radius 3 is 2.21 bits per heavy atom. The van der Waals surface area contributed by atoms with Gasteiger partial charge in [0.25, 0.3) is 11.8 Å². The van der Waals surface area contributed by atoms with E-state index in [9.17, 15) is 9.59 Å². The Morgan fingerprint density at radius 1 is 1.07 bits per heavy atom. The lowest BCUT2D eigenvalue weighted by atomic mass is 9.85. The maximum Gasteiger partial charge on any atom is 0.255 e. The zero-order valence-corrected chi connectivity index (χ0v) is 17.1. The predicted molar refractivity (Wildman–Crippen MR) is 112 cm³/mol. The number of aromatic nitrogens is 1. The molecule has 1 N–H and O–H groups in total. The van der Waals surface area contributed by atoms with Crippen LogP contribution in [0.2, 0.25) is 0 Å². The predicted octanol–water partition coefficient (Wildman–Crippen LogP) is 3.79. The van der Waals surface area contributed by atoms with Crippen molar-refractivity contribution in [3.8, 4) is 0 Å². The van der Waals surface area contributed by atoms with Crippen LogP contribution in [0.3, 0.4) is 0 Å². The third kappa shape index (κ3) is 4.85. The molecule has 2 rings (SSSR count). The fourth-order valence-electron chi connectivity index (χ4n) is 3.07. The number of carbonyl (C=O) groups excluding carboxylic acids is 2. The van der Waals surface area contributed by atoms with Gasteiger partial charge in [-0.05, 0) is 30.0 Å². The summed E-state index contributed by atoms with van der Waals surface area (Å²) in [5, 5.41) is 2.88. The zero-order valence-electron chi connectivity index (χ0n) is 17.1. The Kier molecular flexibility index (Phi) is 6.73. The first-order valence-corrected chi connectivity index (χ1v) is 9.37. The zero-order chi connectivity index (χ0) is 20.8. The number of carbonyl (C=O) groups is 2. The molecule has 28 heavy (non-hydrogen) atoms. The van der Waals surface area contributed by atoms with E-state index in [4.69, 9.17) is 0 Å². The molecule has 1 unspecified atom stereocenters. The van der Waals surface area contributed by atoms with Gasteiger partial charge in [-0.1, -0.05) is 57.2 Å². The Labute approximate surface area is 167 Å². The summed E-state index contributed by atoms with van der Waals surface area (Å²) in [7, 11) is 0. The molecule has 0 bridgehead atoms. The van der Waals surface area contributed by atoms with E-state index in [1.54, 1.807) is 42.4 Å². The quantitative estimate of drug-likeness (QED) is 0.745. The van der Waals surface area contributed by atoms with Crippen LogP contribution in [0, 0.1) is 5.41 Å². The first-order valence-electron chi connectivity index (χ1n) is 9.37. The average Bonchev–Trinajstić information content (AvgIpc) is 2.69. The number of hydrogen-bond acceptors (Lipinski definition) is 3. The Bertz CT molecular complexity index is 813. The van der Waals surface area contributed by atoms with Crippen molar-refractivity contribution in [1.29, 1.82) is 0 Å². The molecule has 2 aromatic rings. The minimum atomic E-state index is -1.18. The maximum atomic E-state index is 13.5. The van der Waals surface area contributed by atoms with Gasteiger partial charge in [-0.2, -0.15) is 0 Å². The van der Waals surface area contributed by atoms with Crippen molar-refractivity contribution < 1.29 is 9.59 Å². The van der Waals surface area contributed by atoms with E-state index < -0.39 is 5.54 Å². The van der Waals surface area contributed by atoms with Crippen molar-refractivity contribution in [2.24, 2.45) is 5.41 Å². The second-order valence-corrected chi connectivity index (χ2v) is 8.12. The van der Waals surface area contributed by atoms with Gasteiger partial charge in [0.15, 0.2) is 0 Å². The number of pyridine rings is 1. The normalized spacial score (nSPS) is 13.3. The smallest absolute Gasteiger partial charge is 0.255 e. The average molecular weight is 380 g/mol. The molecule has 0 saturated carbocycles. The van der Waals surface area contributed by atoms with Gasteiger partial charge in [-0.25, -0.2) is 0 Å². The fourth-order valence-corrected chi connectivity index (χ4v) is 3.07. The van der Waals surface area contributed by atoms with Crippen LogP contribution < -0.4 is 5.32 Å². The first kappa shape index (κ1) is 21.4. The van der Waals surface area contributed by atoms with Crippen molar-refractivity contribution in [2.75, 3.05) is 13.1 Å². The molecule has 1 atom stereocenters. The van der Waals surface area contributed by atoms with Gasteiger partial charge in [0.05, 0.1) is 0 Å². The topological polar surface area (TPSA) is 62.3 Å². The largest absolute Gasteiger partial charge is 0.350 e. The molecule has 1 heterocycles. The van der Waals surface area contributed by atoms with Crippen LogP contribution in [-0.4, -0.2) is 34.8 Å². The van der Waals surface area contributed by atoms with E-state index in [0.29, 0.717) is 18.7 Å². The van der Waals surface area contributed by atoms with Crippen molar-refractivity contribution in [3.05, 3.63) is 78.6 Å². The summed E-state index contributed by atoms with van der Waals surface area (Å²) < 4.78 is 0. The molecule has 0 radical (unpaired) electrons. The van der Waals surface area contributed by atoms with Gasteiger partial charge in [0.1, 0.15) is 5.54 Å². The molecule has 5 heteroatoms. The molecule has 0 fully saturated rings. The second kappa shape index (κ2) is 8.83. The van der Waals surface area contributed by atoms with Crippen LogP contribution in [0.15, 0.2) is 67.5 Å². The summed E-state index contributed by atoms with van der Waals surface area (Å²) in [6.07, 6.45) is 4.79. The van der Waals surface area contributed by atoms with Crippen LogP contribution in [0.4, 0.5) is 0 Å². The van der Waals surface area contributed by atoms with E-state index in [2.05, 4.69) is 16.9 Å². The van der Waals surface area contributed by atoms with Crippen LogP contribution >= 0.6 is 0 Å². The van der Waals surface area contributed by atoms with Gasteiger partial charge in [-0.15, -0.1) is 6.58 Å². The minimum absolute atomic E-state index is 0.211. The summed E-state index contributed by atoms with van der Waals surface area (Å²) >= 11 is 0. The molecular weight excluding hydrogens is 350 g/mol. The molecule has 0 saturated heterocycles. The van der Waals surface area contributed by atoms with Gasteiger partial charge in [0, 0.05) is 31.0 Å². The van der Waals surface area contributed by atoms with Gasteiger partial charge >= 0.3 is 0 Å². The molecule has 148 valence electrons. The number of hydrogen-bond donors (Lipinski definition) is 1. The molecule has 0 aliphatic rings. The van der Waals surface area contributed by atoms with Crippen LogP contribution in [0.25, 0.3) is 0 Å². The van der Waals surface area contributed by atoms with Crippen molar-refractivity contribution in [1.82, 2.24) is 15.2 Å². The van der Waals surface area contributed by atoms with Crippen molar-refractivity contribution in [3.63, 3.8) is 0 Å². The highest BCUT2D eigenvalue weighted by Crippen LogP contribution is 2.33. The van der Waals surface area contributed by atoms with E-state index >= 15 is 0 Å². The summed E-state index contributed by atoms with van der Waals surface area (Å²) in [4.78, 5) is 32.5. The molecule has 0 aliphatic heterocycles. The van der Waals surface area contributed by atoms with Crippen LogP contribution in [0.5, 0.6) is 0 Å². The summed E-state index contributed by atoms with van der Waals surface area (Å²) in [6, 6.07) is 12.7. The van der Waals surface area contributed by atoms with E-state index in [1.807, 2.05) is 51.1 Å². The Balaban J connectivity index is 2.62. The van der Waals surface area contributed by atoms with E-state index in [-0.39, 0.29) is 17.2 Å². The number of benzene rings is 1. The molecule has 0 spiro atoms. The summed E-state index contributed by atoms with van der Waals surface area (Å²) in [5.74, 6) is -0.456. The number of nitrogens with one attached hydrogen (secondary N) is 1. The van der Waals surface area contributed by atoms with Gasteiger partial charge < -0.3 is 10.2 Å². The summed E-state index contributed by atoms with van der Waals surface area (Å²) in [5.41, 5.74) is -0.142. The summed E-state index contributed by atoms with van der Waals surface area (Å²) in [6.45, 7) is 12.3. The van der Waals surface area contributed by atoms with Crippen LogP contribution in [-0.2, 0) is 10.3 Å².